The standard InChI is InChI=1S/C11H18N2/c1-5-7-10(9-12-3)11(13-4)8-6-2/h5-9,13H,1-4H3/b7-5-,8-6-,11-10-,12-9?. The first-order valence-corrected chi connectivity index (χ1v) is 4.39. The largest absolute Gasteiger partial charge is 0.388 e. The zero-order valence-corrected chi connectivity index (χ0v) is 8.83. The van der Waals surface area contributed by atoms with Gasteiger partial charge in [0.1, 0.15) is 0 Å². The van der Waals surface area contributed by atoms with Crippen molar-refractivity contribution < 1.29 is 0 Å². The lowest BCUT2D eigenvalue weighted by Gasteiger charge is -2.03. The van der Waals surface area contributed by atoms with Gasteiger partial charge < -0.3 is 5.32 Å². The third-order valence-electron chi connectivity index (χ3n) is 1.53. The molecule has 0 aliphatic heterocycles. The fourth-order valence-corrected chi connectivity index (χ4v) is 1.01. The SMILES string of the molecule is C\C=C/C(C=NC)=C(\C=C/C)NC. The molecule has 2 nitrogen and oxygen atoms in total. The summed E-state index contributed by atoms with van der Waals surface area (Å²) in [5, 5.41) is 3.12. The summed E-state index contributed by atoms with van der Waals surface area (Å²) >= 11 is 0. The molecule has 72 valence electrons. The van der Waals surface area contributed by atoms with Crippen molar-refractivity contribution in [1.29, 1.82) is 0 Å². The maximum atomic E-state index is 4.00. The van der Waals surface area contributed by atoms with Crippen LogP contribution in [0.3, 0.4) is 0 Å². The number of likely N-dealkylation sites (N-methyl/N-ethyl adjacent to an activating group) is 1. The van der Waals surface area contributed by atoms with Gasteiger partial charge in [-0.1, -0.05) is 18.2 Å². The molecule has 0 atom stereocenters. The lowest BCUT2D eigenvalue weighted by molar-refractivity contribution is 1.02. The van der Waals surface area contributed by atoms with Gasteiger partial charge >= 0.3 is 0 Å². The summed E-state index contributed by atoms with van der Waals surface area (Å²) in [5.41, 5.74) is 2.16. The van der Waals surface area contributed by atoms with E-state index in [1.165, 1.54) is 0 Å². The summed E-state index contributed by atoms with van der Waals surface area (Å²) in [4.78, 5) is 4.00. The first-order chi connectivity index (χ1) is 6.29. The van der Waals surface area contributed by atoms with Gasteiger partial charge in [-0.05, 0) is 19.9 Å². The van der Waals surface area contributed by atoms with E-state index in [1.54, 1.807) is 7.05 Å². The molecule has 0 aliphatic rings. The van der Waals surface area contributed by atoms with Gasteiger partial charge in [0, 0.05) is 31.6 Å². The number of hydrogen-bond donors (Lipinski definition) is 1. The molecule has 0 heterocycles. The highest BCUT2D eigenvalue weighted by molar-refractivity contribution is 5.83. The number of aliphatic imine (C=N–C) groups is 1. The predicted octanol–water partition coefficient (Wildman–Crippen LogP) is 2.31. The van der Waals surface area contributed by atoms with E-state index in [-0.39, 0.29) is 0 Å². The van der Waals surface area contributed by atoms with E-state index < -0.39 is 0 Å². The molecule has 0 aromatic heterocycles. The fourth-order valence-electron chi connectivity index (χ4n) is 1.01. The monoisotopic (exact) mass is 178 g/mol. The smallest absolute Gasteiger partial charge is 0.0423 e. The highest BCUT2D eigenvalue weighted by Crippen LogP contribution is 2.02. The van der Waals surface area contributed by atoms with E-state index in [0.717, 1.165) is 11.3 Å². The molecule has 0 saturated heterocycles. The molecule has 0 spiro atoms. The Morgan fingerprint density at radius 1 is 1.15 bits per heavy atom. The molecule has 0 bridgehead atoms. The summed E-state index contributed by atoms with van der Waals surface area (Å²) in [6.07, 6.45) is 9.89. The van der Waals surface area contributed by atoms with E-state index in [4.69, 9.17) is 0 Å². The number of nitrogens with one attached hydrogen (secondary N) is 1. The van der Waals surface area contributed by atoms with Gasteiger partial charge in [0.15, 0.2) is 0 Å². The van der Waals surface area contributed by atoms with Crippen molar-refractivity contribution in [3.63, 3.8) is 0 Å². The average molecular weight is 178 g/mol. The first kappa shape index (κ1) is 11.7. The Balaban J connectivity index is 4.99. The van der Waals surface area contributed by atoms with Gasteiger partial charge in [-0.3, -0.25) is 4.99 Å². The molecule has 2 heteroatoms. The van der Waals surface area contributed by atoms with Crippen molar-refractivity contribution in [2.45, 2.75) is 13.8 Å². The second kappa shape index (κ2) is 7.35. The maximum Gasteiger partial charge on any atom is 0.0423 e. The van der Waals surface area contributed by atoms with Crippen molar-refractivity contribution in [2.75, 3.05) is 14.1 Å². The normalized spacial score (nSPS) is 14.5. The minimum absolute atomic E-state index is 1.08. The molecule has 0 aromatic rings. The third-order valence-corrected chi connectivity index (χ3v) is 1.53. The summed E-state index contributed by atoms with van der Waals surface area (Å²) in [7, 11) is 3.68. The Hall–Kier alpha value is -1.31. The van der Waals surface area contributed by atoms with E-state index in [1.807, 2.05) is 51.4 Å². The van der Waals surface area contributed by atoms with Gasteiger partial charge in [0.25, 0.3) is 0 Å². The molecular formula is C11H18N2. The Morgan fingerprint density at radius 3 is 2.15 bits per heavy atom. The lowest BCUT2D eigenvalue weighted by atomic mass is 10.2. The zero-order valence-electron chi connectivity index (χ0n) is 8.83. The van der Waals surface area contributed by atoms with Crippen LogP contribution in [0.25, 0.3) is 0 Å². The number of nitrogens with zero attached hydrogens (tertiary/aromatic N) is 1. The Kier molecular flexibility index (Phi) is 6.60. The Morgan fingerprint density at radius 2 is 1.77 bits per heavy atom. The van der Waals surface area contributed by atoms with Gasteiger partial charge in [0.05, 0.1) is 0 Å². The molecule has 0 unspecified atom stereocenters. The molecule has 0 amide bonds. The minimum Gasteiger partial charge on any atom is -0.388 e. The molecule has 0 radical (unpaired) electrons. The summed E-state index contributed by atoms with van der Waals surface area (Å²) in [6, 6.07) is 0. The highest BCUT2D eigenvalue weighted by Gasteiger charge is 1.94. The van der Waals surface area contributed by atoms with E-state index in [9.17, 15) is 0 Å². The second-order valence-electron chi connectivity index (χ2n) is 2.51. The summed E-state index contributed by atoms with van der Waals surface area (Å²) in [6.45, 7) is 3.99. The molecule has 0 rings (SSSR count). The van der Waals surface area contributed by atoms with Crippen LogP contribution in [0.4, 0.5) is 0 Å². The summed E-state index contributed by atoms with van der Waals surface area (Å²) in [5.74, 6) is 0. The van der Waals surface area contributed by atoms with Crippen LogP contribution in [0.15, 0.2) is 40.6 Å². The van der Waals surface area contributed by atoms with Crippen molar-refractivity contribution >= 4 is 6.21 Å². The van der Waals surface area contributed by atoms with Crippen LogP contribution >= 0.6 is 0 Å². The van der Waals surface area contributed by atoms with Crippen LogP contribution in [0.2, 0.25) is 0 Å². The third kappa shape index (κ3) is 4.31. The zero-order chi connectivity index (χ0) is 10.1. The van der Waals surface area contributed by atoms with Crippen molar-refractivity contribution in [3.8, 4) is 0 Å². The highest BCUT2D eigenvalue weighted by atomic mass is 14.8. The van der Waals surface area contributed by atoms with Crippen LogP contribution in [-0.2, 0) is 0 Å². The topological polar surface area (TPSA) is 24.4 Å². The van der Waals surface area contributed by atoms with E-state index >= 15 is 0 Å². The van der Waals surface area contributed by atoms with Crippen molar-refractivity contribution in [1.82, 2.24) is 5.32 Å². The Bertz CT molecular complexity index is 231. The minimum atomic E-state index is 1.08. The van der Waals surface area contributed by atoms with Crippen molar-refractivity contribution in [3.05, 3.63) is 35.6 Å². The molecule has 0 fully saturated rings. The number of allylic oxidation sites excluding steroid dienone is 5. The fraction of sp³-hybridized carbons (Fsp3) is 0.364. The van der Waals surface area contributed by atoms with E-state index in [2.05, 4.69) is 10.3 Å². The molecule has 13 heavy (non-hydrogen) atoms. The van der Waals surface area contributed by atoms with Crippen LogP contribution < -0.4 is 5.32 Å². The van der Waals surface area contributed by atoms with Crippen molar-refractivity contribution in [2.24, 2.45) is 4.99 Å². The predicted molar refractivity (Wildman–Crippen MR) is 60.1 cm³/mol. The molecule has 1 N–H and O–H groups in total. The van der Waals surface area contributed by atoms with Gasteiger partial charge in [0.2, 0.25) is 0 Å². The van der Waals surface area contributed by atoms with Gasteiger partial charge in [-0.15, -0.1) is 0 Å². The lowest BCUT2D eigenvalue weighted by Crippen LogP contribution is -2.06. The first-order valence-electron chi connectivity index (χ1n) is 4.39. The Labute approximate surface area is 80.8 Å². The molecule has 0 aliphatic carbocycles. The maximum absolute atomic E-state index is 4.00. The quantitative estimate of drug-likeness (QED) is 0.518. The number of rotatable bonds is 4. The van der Waals surface area contributed by atoms with Gasteiger partial charge in [-0.2, -0.15) is 0 Å². The van der Waals surface area contributed by atoms with Crippen LogP contribution in [0.5, 0.6) is 0 Å². The second-order valence-corrected chi connectivity index (χ2v) is 2.51. The molecular weight excluding hydrogens is 160 g/mol. The van der Waals surface area contributed by atoms with Gasteiger partial charge in [-0.25, -0.2) is 0 Å². The summed E-state index contributed by atoms with van der Waals surface area (Å²) < 4.78 is 0. The van der Waals surface area contributed by atoms with Crippen LogP contribution in [0, 0.1) is 0 Å². The van der Waals surface area contributed by atoms with E-state index in [0.29, 0.717) is 0 Å². The average Bonchev–Trinajstić information content (AvgIpc) is 2.14. The number of hydrogen-bond acceptors (Lipinski definition) is 2. The van der Waals surface area contributed by atoms with Crippen LogP contribution in [0.1, 0.15) is 13.8 Å². The molecule has 0 saturated carbocycles. The molecule has 0 aromatic carbocycles. The van der Waals surface area contributed by atoms with Crippen LogP contribution in [-0.4, -0.2) is 20.3 Å².